The molecule has 5 rings (SSSR count). The number of ether oxygens (including phenoxy) is 3. The first-order chi connectivity index (χ1) is 15.2. The Labute approximate surface area is 188 Å². The predicted molar refractivity (Wildman–Crippen MR) is 122 cm³/mol. The van der Waals surface area contributed by atoms with Crippen molar-refractivity contribution in [2.45, 2.75) is 57.2 Å². The molecule has 174 valence electrons. The summed E-state index contributed by atoms with van der Waals surface area (Å²) in [5, 5.41) is 11.8. The molecule has 0 unspecified atom stereocenters. The molecule has 3 aliphatic heterocycles. The molecule has 5 nitrogen and oxygen atoms in total. The first-order valence-electron chi connectivity index (χ1n) is 12.6. The second-order valence-corrected chi connectivity index (χ2v) is 9.96. The van der Waals surface area contributed by atoms with E-state index in [9.17, 15) is 5.11 Å². The molecule has 0 radical (unpaired) electrons. The second kappa shape index (κ2) is 10.8. The van der Waals surface area contributed by atoms with Gasteiger partial charge in [0.15, 0.2) is 0 Å². The average molecular weight is 433 g/mol. The van der Waals surface area contributed by atoms with Crippen LogP contribution in [0.3, 0.4) is 0 Å². The summed E-state index contributed by atoms with van der Waals surface area (Å²) in [5.41, 5.74) is 0.159. The summed E-state index contributed by atoms with van der Waals surface area (Å²) in [6.45, 7) is 9.96. The molecule has 1 aromatic rings. The van der Waals surface area contributed by atoms with Gasteiger partial charge in [-0.3, -0.25) is 0 Å². The highest BCUT2D eigenvalue weighted by atomic mass is 16.5. The third-order valence-electron chi connectivity index (χ3n) is 8.15. The Morgan fingerprint density at radius 1 is 0.968 bits per heavy atom. The molecule has 0 aromatic heterocycles. The summed E-state index contributed by atoms with van der Waals surface area (Å²) in [7, 11) is 0. The van der Waals surface area contributed by atoms with Gasteiger partial charge in [0, 0.05) is 25.4 Å². The maximum absolute atomic E-state index is 11.8. The topological polar surface area (TPSA) is 47.9 Å². The van der Waals surface area contributed by atoms with Crippen molar-refractivity contribution >= 4 is 0 Å². The Kier molecular flexibility index (Phi) is 8.05. The highest BCUT2D eigenvalue weighted by Crippen LogP contribution is 2.42. The largest absolute Gasteiger partial charge is 0.382 e. The molecular formula is C26H42NO4+. The molecule has 5 heteroatoms. The van der Waals surface area contributed by atoms with E-state index in [1.165, 1.54) is 38.8 Å². The number of hydrogen-bond acceptors (Lipinski definition) is 4. The Bertz CT molecular complexity index is 655. The average Bonchev–Trinajstić information content (AvgIpc) is 3.37. The molecule has 2 bridgehead atoms. The van der Waals surface area contributed by atoms with Crippen LogP contribution in [-0.4, -0.2) is 74.9 Å². The van der Waals surface area contributed by atoms with E-state index in [1.807, 2.05) is 25.1 Å². The van der Waals surface area contributed by atoms with Crippen LogP contribution >= 0.6 is 0 Å². The van der Waals surface area contributed by atoms with Crippen LogP contribution < -0.4 is 0 Å². The minimum atomic E-state index is -0.864. The molecule has 1 N–H and O–H groups in total. The summed E-state index contributed by atoms with van der Waals surface area (Å²) >= 11 is 0. The number of quaternary nitrogens is 1. The van der Waals surface area contributed by atoms with E-state index in [4.69, 9.17) is 14.2 Å². The van der Waals surface area contributed by atoms with Gasteiger partial charge >= 0.3 is 0 Å². The van der Waals surface area contributed by atoms with Gasteiger partial charge in [-0.15, -0.1) is 0 Å². The van der Waals surface area contributed by atoms with Crippen LogP contribution in [0.1, 0.15) is 51.0 Å². The van der Waals surface area contributed by atoms with Gasteiger partial charge in [-0.05, 0) is 31.2 Å². The SMILES string of the molecule is CCOCCOCC[N+]12CCC(CC1)[C@@H](OC[C@@](O)(c1ccccc1)C1CCCC1)C2. The molecule has 0 spiro atoms. The molecule has 3 heterocycles. The zero-order chi connectivity index (χ0) is 21.6. The second-order valence-electron chi connectivity index (χ2n) is 9.96. The fourth-order valence-corrected chi connectivity index (χ4v) is 6.15. The summed E-state index contributed by atoms with van der Waals surface area (Å²) in [4.78, 5) is 0. The number of aliphatic hydroxyl groups is 1. The van der Waals surface area contributed by atoms with Crippen molar-refractivity contribution in [1.29, 1.82) is 0 Å². The molecule has 31 heavy (non-hydrogen) atoms. The van der Waals surface area contributed by atoms with Gasteiger partial charge < -0.3 is 23.8 Å². The number of nitrogens with zero attached hydrogens (tertiary/aromatic N) is 1. The molecular weight excluding hydrogens is 390 g/mol. The summed E-state index contributed by atoms with van der Waals surface area (Å²) in [6.07, 6.45) is 7.35. The van der Waals surface area contributed by atoms with E-state index < -0.39 is 5.60 Å². The van der Waals surface area contributed by atoms with Crippen molar-refractivity contribution in [2.75, 3.05) is 59.2 Å². The van der Waals surface area contributed by atoms with E-state index in [0.29, 0.717) is 31.7 Å². The van der Waals surface area contributed by atoms with Gasteiger partial charge in [-0.25, -0.2) is 0 Å². The molecule has 4 fully saturated rings. The van der Waals surface area contributed by atoms with Gasteiger partial charge in [0.05, 0.1) is 39.5 Å². The van der Waals surface area contributed by atoms with Crippen LogP contribution in [0.15, 0.2) is 30.3 Å². The van der Waals surface area contributed by atoms with Crippen molar-refractivity contribution in [3.8, 4) is 0 Å². The fraction of sp³-hybridized carbons (Fsp3) is 0.769. The van der Waals surface area contributed by atoms with E-state index in [1.54, 1.807) is 0 Å². The van der Waals surface area contributed by atoms with E-state index in [2.05, 4.69) is 12.1 Å². The molecule has 1 aliphatic carbocycles. The molecule has 1 aromatic carbocycles. The summed E-state index contributed by atoms with van der Waals surface area (Å²) in [6, 6.07) is 10.2. The van der Waals surface area contributed by atoms with Gasteiger partial charge in [-0.1, -0.05) is 43.2 Å². The predicted octanol–water partition coefficient (Wildman–Crippen LogP) is 3.74. The van der Waals surface area contributed by atoms with Crippen LogP contribution in [0.4, 0.5) is 0 Å². The highest BCUT2D eigenvalue weighted by molar-refractivity contribution is 5.24. The van der Waals surface area contributed by atoms with Crippen molar-refractivity contribution in [1.82, 2.24) is 0 Å². The fourth-order valence-electron chi connectivity index (χ4n) is 6.15. The number of piperidine rings is 3. The lowest BCUT2D eigenvalue weighted by Gasteiger charge is -2.52. The van der Waals surface area contributed by atoms with E-state index in [-0.39, 0.29) is 6.10 Å². The quantitative estimate of drug-likeness (QED) is 0.404. The van der Waals surface area contributed by atoms with Gasteiger partial charge in [-0.2, -0.15) is 0 Å². The van der Waals surface area contributed by atoms with Gasteiger partial charge in [0.25, 0.3) is 0 Å². The standard InChI is InChI=1S/C26H42NO4/c1-2-29-18-19-30-17-16-27-14-12-22(13-15-27)25(20-27)31-21-26(28,24-10-6-7-11-24)23-8-4-3-5-9-23/h3-5,8-9,22,24-25,28H,2,6-7,10-21H2,1H3/q+1/t22?,25-,26+,27?/m0/s1. The molecule has 2 atom stereocenters. The van der Waals surface area contributed by atoms with Crippen LogP contribution in [0, 0.1) is 11.8 Å². The van der Waals surface area contributed by atoms with Crippen molar-refractivity contribution in [2.24, 2.45) is 11.8 Å². The zero-order valence-corrected chi connectivity index (χ0v) is 19.3. The third kappa shape index (κ3) is 5.51. The zero-order valence-electron chi connectivity index (χ0n) is 19.3. The lowest BCUT2D eigenvalue weighted by Crippen LogP contribution is -2.65. The first kappa shape index (κ1) is 23.2. The van der Waals surface area contributed by atoms with E-state index in [0.717, 1.165) is 49.2 Å². The maximum Gasteiger partial charge on any atom is 0.116 e. The van der Waals surface area contributed by atoms with Crippen LogP contribution in [0.5, 0.6) is 0 Å². The van der Waals surface area contributed by atoms with Crippen molar-refractivity contribution in [3.63, 3.8) is 0 Å². The van der Waals surface area contributed by atoms with Gasteiger partial charge in [0.1, 0.15) is 24.8 Å². The van der Waals surface area contributed by atoms with Gasteiger partial charge in [0.2, 0.25) is 0 Å². The molecule has 3 saturated heterocycles. The first-order valence-corrected chi connectivity index (χ1v) is 12.6. The Morgan fingerprint density at radius 3 is 2.39 bits per heavy atom. The Morgan fingerprint density at radius 2 is 1.68 bits per heavy atom. The minimum Gasteiger partial charge on any atom is -0.382 e. The lowest BCUT2D eigenvalue weighted by molar-refractivity contribution is -0.946. The van der Waals surface area contributed by atoms with Crippen LogP contribution in [0.2, 0.25) is 0 Å². The maximum atomic E-state index is 11.8. The number of benzene rings is 1. The number of hydrogen-bond donors (Lipinski definition) is 1. The van der Waals surface area contributed by atoms with Crippen molar-refractivity contribution in [3.05, 3.63) is 35.9 Å². The molecule has 4 aliphatic rings. The van der Waals surface area contributed by atoms with E-state index >= 15 is 0 Å². The highest BCUT2D eigenvalue weighted by Gasteiger charge is 2.48. The number of rotatable bonds is 12. The number of fused-ring (bicyclic) bond motifs is 3. The summed E-state index contributed by atoms with van der Waals surface area (Å²) < 4.78 is 18.9. The minimum absolute atomic E-state index is 0.252. The normalized spacial score (nSPS) is 30.5. The smallest absolute Gasteiger partial charge is 0.116 e. The Balaban J connectivity index is 1.35. The Hall–Kier alpha value is -0.980. The monoisotopic (exact) mass is 432 g/mol. The third-order valence-corrected chi connectivity index (χ3v) is 8.15. The van der Waals surface area contributed by atoms with Crippen LogP contribution in [0.25, 0.3) is 0 Å². The van der Waals surface area contributed by atoms with Crippen molar-refractivity contribution < 1.29 is 23.8 Å². The molecule has 1 saturated carbocycles. The summed E-state index contributed by atoms with van der Waals surface area (Å²) in [5.74, 6) is 0.945. The van der Waals surface area contributed by atoms with Crippen LogP contribution in [-0.2, 0) is 19.8 Å². The molecule has 0 amide bonds. The lowest BCUT2D eigenvalue weighted by atomic mass is 9.80.